The number of carbonyl (C=O) groups is 3. The van der Waals surface area contributed by atoms with Gasteiger partial charge in [-0.15, -0.1) is 0 Å². The lowest BCUT2D eigenvalue weighted by atomic mass is 10.0. The minimum Gasteiger partial charge on any atom is -0.481 e. The van der Waals surface area contributed by atoms with Gasteiger partial charge in [0, 0.05) is 0 Å². The fourth-order valence-corrected chi connectivity index (χ4v) is 2.73. The fourth-order valence-electron chi connectivity index (χ4n) is 2.73. The van der Waals surface area contributed by atoms with Crippen LogP contribution in [0, 0.1) is 11.8 Å². The molecule has 0 aliphatic carbocycles. The van der Waals surface area contributed by atoms with Crippen LogP contribution in [0.4, 0.5) is 4.79 Å². The number of nitrogens with zero attached hydrogens (tertiary/aromatic N) is 1. The normalized spacial score (nSPS) is 18.5. The Bertz CT molecular complexity index is 711. The van der Waals surface area contributed by atoms with Crippen LogP contribution in [0.1, 0.15) is 33.3 Å². The Morgan fingerprint density at radius 1 is 1.14 bits per heavy atom. The van der Waals surface area contributed by atoms with Crippen LogP contribution in [0.5, 0.6) is 0 Å². The number of cyclic esters (lactones) is 1. The molecule has 0 radical (unpaired) electrons. The van der Waals surface area contributed by atoms with Gasteiger partial charge >= 0.3 is 12.1 Å². The summed E-state index contributed by atoms with van der Waals surface area (Å²) in [6.07, 6.45) is 7.07. The zero-order chi connectivity index (χ0) is 21.1. The minimum absolute atomic E-state index is 0.202. The molecule has 1 aromatic carbocycles. The van der Waals surface area contributed by atoms with Gasteiger partial charge in [0.05, 0.1) is 17.9 Å². The highest BCUT2D eigenvalue weighted by Gasteiger charge is 2.39. The molecule has 0 unspecified atom stereocenters. The lowest BCUT2D eigenvalue weighted by Crippen LogP contribution is -2.42. The van der Waals surface area contributed by atoms with Crippen molar-refractivity contribution in [3.05, 3.63) is 60.2 Å². The van der Waals surface area contributed by atoms with E-state index in [0.29, 0.717) is 6.42 Å². The molecule has 6 heteroatoms. The van der Waals surface area contributed by atoms with Crippen LogP contribution in [-0.2, 0) is 20.7 Å². The van der Waals surface area contributed by atoms with Crippen molar-refractivity contribution in [3.63, 3.8) is 0 Å². The summed E-state index contributed by atoms with van der Waals surface area (Å²) in [4.78, 5) is 35.4. The highest BCUT2D eigenvalue weighted by molar-refractivity contribution is 5.95. The summed E-state index contributed by atoms with van der Waals surface area (Å²) in [7, 11) is 0. The van der Waals surface area contributed by atoms with E-state index in [1.807, 2.05) is 43.3 Å². The second kappa shape index (κ2) is 11.7. The zero-order valence-electron chi connectivity index (χ0n) is 16.9. The number of aliphatic carboxylic acids is 1. The minimum atomic E-state index is -0.775. The Labute approximate surface area is 166 Å². The first-order chi connectivity index (χ1) is 13.3. The number of hydrogen-bond donors (Lipinski definition) is 1. The quantitative estimate of drug-likeness (QED) is 0.744. The number of benzene rings is 1. The van der Waals surface area contributed by atoms with Crippen LogP contribution < -0.4 is 0 Å². The van der Waals surface area contributed by atoms with Gasteiger partial charge < -0.3 is 9.84 Å². The van der Waals surface area contributed by atoms with E-state index >= 15 is 0 Å². The van der Waals surface area contributed by atoms with E-state index in [4.69, 9.17) is 9.84 Å². The average molecular weight is 387 g/mol. The molecule has 0 spiro atoms. The van der Waals surface area contributed by atoms with Crippen molar-refractivity contribution >= 4 is 18.0 Å². The number of carboxylic acid groups (broad SMARTS) is 1. The number of carboxylic acids is 1. The van der Waals surface area contributed by atoms with E-state index in [1.165, 1.54) is 4.90 Å². The molecule has 2 rings (SSSR count). The molecule has 0 bridgehead atoms. The van der Waals surface area contributed by atoms with Crippen LogP contribution in [0.25, 0.3) is 0 Å². The summed E-state index contributed by atoms with van der Waals surface area (Å²) in [5.74, 6) is -1.64. The summed E-state index contributed by atoms with van der Waals surface area (Å²) in [6.45, 7) is 7.35. The molecule has 1 N–H and O–H groups in total. The van der Waals surface area contributed by atoms with Crippen molar-refractivity contribution in [1.82, 2.24) is 4.90 Å². The van der Waals surface area contributed by atoms with Crippen molar-refractivity contribution in [2.45, 2.75) is 40.2 Å². The van der Waals surface area contributed by atoms with Crippen molar-refractivity contribution in [2.75, 3.05) is 6.61 Å². The molecule has 1 heterocycles. The Balaban J connectivity index is 0.000000416. The summed E-state index contributed by atoms with van der Waals surface area (Å²) < 4.78 is 5.04. The second-order valence-electron chi connectivity index (χ2n) is 6.60. The number of ether oxygens (including phenoxy) is 1. The van der Waals surface area contributed by atoms with Crippen LogP contribution >= 0.6 is 0 Å². The Morgan fingerprint density at radius 2 is 1.71 bits per heavy atom. The first-order valence-corrected chi connectivity index (χ1v) is 9.34. The van der Waals surface area contributed by atoms with E-state index in [2.05, 4.69) is 0 Å². The van der Waals surface area contributed by atoms with Crippen LogP contribution in [-0.4, -0.2) is 40.6 Å². The molecule has 1 fully saturated rings. The largest absolute Gasteiger partial charge is 0.481 e. The molecule has 1 aliphatic rings. The number of rotatable bonds is 6. The Morgan fingerprint density at radius 3 is 2.21 bits per heavy atom. The molecule has 152 valence electrons. The molecule has 0 saturated carbocycles. The highest BCUT2D eigenvalue weighted by atomic mass is 16.6. The second-order valence-corrected chi connectivity index (χ2v) is 6.60. The summed E-state index contributed by atoms with van der Waals surface area (Å²) in [6, 6.07) is 9.59. The molecule has 28 heavy (non-hydrogen) atoms. The summed E-state index contributed by atoms with van der Waals surface area (Å²) >= 11 is 0. The number of allylic oxidation sites excluding steroid dienone is 2. The molecule has 2 amide bonds. The smallest absolute Gasteiger partial charge is 0.417 e. The number of carbonyl (C=O) groups excluding carboxylic acids is 2. The molecule has 3 atom stereocenters. The molecule has 6 nitrogen and oxygen atoms in total. The van der Waals surface area contributed by atoms with Crippen molar-refractivity contribution in [3.8, 4) is 0 Å². The lowest BCUT2D eigenvalue weighted by Gasteiger charge is -2.21. The number of amides is 2. The predicted molar refractivity (Wildman–Crippen MR) is 108 cm³/mol. The molecule has 0 aromatic heterocycles. The maximum Gasteiger partial charge on any atom is 0.417 e. The Kier molecular flexibility index (Phi) is 9.71. The van der Waals surface area contributed by atoms with Gasteiger partial charge in [0.1, 0.15) is 6.61 Å². The van der Waals surface area contributed by atoms with E-state index < -0.39 is 12.1 Å². The molecule has 1 aliphatic heterocycles. The molecule has 1 saturated heterocycles. The predicted octanol–water partition coefficient (Wildman–Crippen LogP) is 4.07. The third-order valence-electron chi connectivity index (χ3n) is 4.25. The topological polar surface area (TPSA) is 83.9 Å². The highest BCUT2D eigenvalue weighted by Crippen LogP contribution is 2.20. The maximum absolute atomic E-state index is 12.3. The standard InChI is InChI=1S/C16H19NO3.C6H10O2/c1-3-7-12(2)15(18)17-14(11-20-16(17)19)10-13-8-5-4-6-9-13;1-3-4-5(2)6(7)8/h3-9,12,14H,10-11H2,1-2H3;3-5H,1-2H3,(H,7,8)/b7-3+;4-3+/t12-,14+;5-/m11/s1. The SMILES string of the molecule is C/C=C/[C@@H](C)C(=O)N1C(=O)OC[C@@H]1Cc1ccccc1.C/C=C/[C@@H](C)C(=O)O. The van der Waals surface area contributed by atoms with Gasteiger partial charge in [-0.05, 0) is 32.8 Å². The van der Waals surface area contributed by atoms with Crippen LogP contribution in [0.2, 0.25) is 0 Å². The van der Waals surface area contributed by atoms with E-state index in [0.717, 1.165) is 5.56 Å². The van der Waals surface area contributed by atoms with E-state index in [9.17, 15) is 14.4 Å². The monoisotopic (exact) mass is 387 g/mol. The third-order valence-corrected chi connectivity index (χ3v) is 4.25. The van der Waals surface area contributed by atoms with Gasteiger partial charge in [-0.1, -0.05) is 61.6 Å². The van der Waals surface area contributed by atoms with Gasteiger partial charge in [0.25, 0.3) is 0 Å². The van der Waals surface area contributed by atoms with Crippen LogP contribution in [0.3, 0.4) is 0 Å². The third kappa shape index (κ3) is 7.02. The van der Waals surface area contributed by atoms with Gasteiger partial charge in [-0.3, -0.25) is 9.59 Å². The van der Waals surface area contributed by atoms with E-state index in [-0.39, 0.29) is 30.4 Å². The van der Waals surface area contributed by atoms with Gasteiger partial charge in [-0.2, -0.15) is 0 Å². The summed E-state index contributed by atoms with van der Waals surface area (Å²) in [5.41, 5.74) is 1.09. The summed E-state index contributed by atoms with van der Waals surface area (Å²) in [5, 5.41) is 8.26. The van der Waals surface area contributed by atoms with Crippen molar-refractivity contribution in [1.29, 1.82) is 0 Å². The first kappa shape index (κ1) is 23.1. The van der Waals surface area contributed by atoms with Crippen molar-refractivity contribution in [2.24, 2.45) is 11.8 Å². The molecular weight excluding hydrogens is 358 g/mol. The fraction of sp³-hybridized carbons (Fsp3) is 0.409. The van der Waals surface area contributed by atoms with E-state index in [1.54, 1.807) is 39.0 Å². The number of hydrogen-bond acceptors (Lipinski definition) is 4. The Hall–Kier alpha value is -2.89. The zero-order valence-corrected chi connectivity index (χ0v) is 16.9. The molecule has 1 aromatic rings. The van der Waals surface area contributed by atoms with Gasteiger partial charge in [0.2, 0.25) is 5.91 Å². The van der Waals surface area contributed by atoms with Gasteiger partial charge in [0.15, 0.2) is 0 Å². The lowest BCUT2D eigenvalue weighted by molar-refractivity contribution is -0.139. The number of imide groups is 1. The maximum atomic E-state index is 12.3. The average Bonchev–Trinajstić information content (AvgIpc) is 3.03. The van der Waals surface area contributed by atoms with Crippen molar-refractivity contribution < 1.29 is 24.2 Å². The van der Waals surface area contributed by atoms with Crippen LogP contribution in [0.15, 0.2) is 54.6 Å². The molecular formula is C22H29NO5. The van der Waals surface area contributed by atoms with Gasteiger partial charge in [-0.25, -0.2) is 9.69 Å². The first-order valence-electron chi connectivity index (χ1n) is 9.34.